The van der Waals surface area contributed by atoms with Crippen LogP contribution in [0.1, 0.15) is 48.6 Å². The van der Waals surface area contributed by atoms with Crippen molar-refractivity contribution in [1.29, 1.82) is 5.26 Å². The van der Waals surface area contributed by atoms with E-state index in [2.05, 4.69) is 56.5 Å². The number of nitrogens with zero attached hydrogens (tertiary/aromatic N) is 8. The Bertz CT molecular complexity index is 2090. The molecule has 3 aromatic carbocycles. The van der Waals surface area contributed by atoms with Gasteiger partial charge in [-0.15, -0.1) is 0 Å². The predicted molar refractivity (Wildman–Crippen MR) is 215 cm³/mol. The van der Waals surface area contributed by atoms with Crippen LogP contribution in [0.5, 0.6) is 17.5 Å². The smallest absolute Gasteiger partial charge is 0.318 e. The molecule has 1 aromatic heterocycles. The molecule has 4 heterocycles. The molecular formula is C42H49ClN8O4. The number of carbonyl (C=O) groups excluding carboxylic acids is 1. The Hall–Kier alpha value is -5.09. The third kappa shape index (κ3) is 8.29. The molecule has 2 saturated heterocycles. The van der Waals surface area contributed by atoms with Crippen LogP contribution < -0.4 is 14.5 Å². The highest BCUT2D eigenvalue weighted by atomic mass is 35.5. The quantitative estimate of drug-likeness (QED) is 0.183. The fourth-order valence-electron chi connectivity index (χ4n) is 8.10. The maximum Gasteiger partial charge on any atom is 0.318 e. The molecule has 13 heteroatoms. The predicted octanol–water partition coefficient (Wildman–Crippen LogP) is 5.69. The zero-order valence-corrected chi connectivity index (χ0v) is 32.4. The molecular weight excluding hydrogens is 716 g/mol. The summed E-state index contributed by atoms with van der Waals surface area (Å²) in [4.78, 5) is 33.6. The standard InChI is InChI=1S/C42H49ClN8O4/c1-4-39(54)51-20-19-50(26-31(51)11-13-44)41-32-12-14-49(36-10-6-8-29-7-5-9-34(43)40(29)36)27-35(32)45-42(46-41)55-22-21-47-15-17-48(18-16-47)25-30-23-33(28(2)3)38(53)24-37(30)52/h4-10,23-24,28,31,52-53H,1,11-12,14-22,25-27H2,2-3H3. The SMILES string of the molecule is C=CC(=O)N1CCN(c2nc(OCCN3CCN(Cc4cc(C(C)C)c(O)cc4O)CC3)nc3c2CCN(c2cccc4cccc(Cl)c24)C3)CC1CC#N. The van der Waals surface area contributed by atoms with Crippen molar-refractivity contribution in [3.05, 3.63) is 88.6 Å². The van der Waals surface area contributed by atoms with Gasteiger partial charge < -0.3 is 29.6 Å². The van der Waals surface area contributed by atoms with Gasteiger partial charge in [0.25, 0.3) is 0 Å². The number of rotatable bonds is 11. The zero-order valence-electron chi connectivity index (χ0n) is 31.6. The zero-order chi connectivity index (χ0) is 38.6. The minimum atomic E-state index is -0.286. The summed E-state index contributed by atoms with van der Waals surface area (Å²) >= 11 is 6.75. The van der Waals surface area contributed by atoms with E-state index in [0.717, 1.165) is 77.4 Å². The molecule has 288 valence electrons. The normalized spacial score (nSPS) is 18.0. The summed E-state index contributed by atoms with van der Waals surface area (Å²) in [6, 6.07) is 17.9. The fraction of sp³-hybridized carbons (Fsp3) is 0.429. The molecule has 7 rings (SSSR count). The number of ether oxygens (including phenoxy) is 1. The Morgan fingerprint density at radius 1 is 1.02 bits per heavy atom. The van der Waals surface area contributed by atoms with E-state index in [1.54, 1.807) is 4.90 Å². The summed E-state index contributed by atoms with van der Waals surface area (Å²) in [6.07, 6.45) is 2.24. The van der Waals surface area contributed by atoms with Gasteiger partial charge in [-0.1, -0.05) is 56.3 Å². The Kier molecular flexibility index (Phi) is 11.6. The molecule has 55 heavy (non-hydrogen) atoms. The summed E-state index contributed by atoms with van der Waals surface area (Å²) in [5.41, 5.74) is 4.68. The van der Waals surface area contributed by atoms with E-state index < -0.39 is 0 Å². The third-order valence-corrected chi connectivity index (χ3v) is 11.4. The molecule has 3 aliphatic heterocycles. The van der Waals surface area contributed by atoms with E-state index in [4.69, 9.17) is 26.3 Å². The minimum Gasteiger partial charge on any atom is -0.508 e. The number of aromatic hydroxyl groups is 2. The summed E-state index contributed by atoms with van der Waals surface area (Å²) in [7, 11) is 0. The van der Waals surface area contributed by atoms with E-state index in [1.165, 1.54) is 12.1 Å². The average Bonchev–Trinajstić information content (AvgIpc) is 3.18. The molecule has 0 bridgehead atoms. The summed E-state index contributed by atoms with van der Waals surface area (Å²) in [5.74, 6) is 1.05. The summed E-state index contributed by atoms with van der Waals surface area (Å²) < 4.78 is 6.34. The highest BCUT2D eigenvalue weighted by Crippen LogP contribution is 2.38. The van der Waals surface area contributed by atoms with Crippen molar-refractivity contribution in [1.82, 2.24) is 24.7 Å². The Morgan fingerprint density at radius 3 is 2.53 bits per heavy atom. The maximum absolute atomic E-state index is 12.7. The van der Waals surface area contributed by atoms with E-state index in [9.17, 15) is 20.3 Å². The van der Waals surface area contributed by atoms with Gasteiger partial charge in [0.2, 0.25) is 5.91 Å². The minimum absolute atomic E-state index is 0.124. The van der Waals surface area contributed by atoms with Crippen LogP contribution in [0.2, 0.25) is 5.02 Å². The molecule has 2 N–H and O–H groups in total. The van der Waals surface area contributed by atoms with Crippen molar-refractivity contribution in [2.24, 2.45) is 0 Å². The lowest BCUT2D eigenvalue weighted by atomic mass is 9.98. The van der Waals surface area contributed by atoms with Crippen LogP contribution in [-0.2, 0) is 24.3 Å². The van der Waals surface area contributed by atoms with Crippen LogP contribution in [-0.4, -0.2) is 112 Å². The number of carbonyl (C=O) groups is 1. The van der Waals surface area contributed by atoms with Gasteiger partial charge in [-0.25, -0.2) is 0 Å². The van der Waals surface area contributed by atoms with E-state index in [1.807, 2.05) is 32.0 Å². The monoisotopic (exact) mass is 764 g/mol. The van der Waals surface area contributed by atoms with Gasteiger partial charge in [0, 0.05) is 93.7 Å². The first-order chi connectivity index (χ1) is 26.6. The van der Waals surface area contributed by atoms with Gasteiger partial charge in [-0.3, -0.25) is 14.6 Å². The summed E-state index contributed by atoms with van der Waals surface area (Å²) in [6.45, 7) is 15.7. The number of anilines is 2. The topological polar surface area (TPSA) is 133 Å². The van der Waals surface area contributed by atoms with Crippen LogP contribution in [0.25, 0.3) is 10.8 Å². The first kappa shape index (κ1) is 38.2. The van der Waals surface area contributed by atoms with Crippen molar-refractivity contribution in [2.45, 2.75) is 51.7 Å². The Morgan fingerprint density at radius 2 is 1.78 bits per heavy atom. The van der Waals surface area contributed by atoms with E-state index in [-0.39, 0.29) is 35.8 Å². The number of aromatic nitrogens is 2. The number of piperazine rings is 2. The number of hydrogen-bond acceptors (Lipinski definition) is 11. The molecule has 0 radical (unpaired) electrons. The molecule has 0 spiro atoms. The van der Waals surface area contributed by atoms with Crippen LogP contribution in [0.15, 0.2) is 61.2 Å². The number of halogens is 1. The van der Waals surface area contributed by atoms with Gasteiger partial charge in [0.1, 0.15) is 23.9 Å². The van der Waals surface area contributed by atoms with Crippen molar-refractivity contribution in [3.8, 4) is 23.6 Å². The highest BCUT2D eigenvalue weighted by molar-refractivity contribution is 6.36. The highest BCUT2D eigenvalue weighted by Gasteiger charge is 2.33. The van der Waals surface area contributed by atoms with Gasteiger partial charge in [0.15, 0.2) is 0 Å². The second-order valence-electron chi connectivity index (χ2n) is 14.9. The first-order valence-electron chi connectivity index (χ1n) is 19.1. The number of hydrogen-bond donors (Lipinski definition) is 2. The fourth-order valence-corrected chi connectivity index (χ4v) is 8.38. The van der Waals surface area contributed by atoms with Gasteiger partial charge in [0.05, 0.1) is 35.8 Å². The number of nitriles is 1. The van der Waals surface area contributed by atoms with Gasteiger partial charge in [-0.05, 0) is 47.6 Å². The van der Waals surface area contributed by atoms with Crippen LogP contribution >= 0.6 is 11.6 Å². The molecule has 1 amide bonds. The van der Waals surface area contributed by atoms with E-state index in [0.29, 0.717) is 63.3 Å². The number of fused-ring (bicyclic) bond motifs is 2. The van der Waals surface area contributed by atoms with Crippen molar-refractivity contribution < 1.29 is 19.7 Å². The molecule has 2 fully saturated rings. The number of phenolic OH excluding ortho intramolecular Hbond substituents is 2. The molecule has 0 saturated carbocycles. The Labute approximate surface area is 327 Å². The van der Waals surface area contributed by atoms with Crippen LogP contribution in [0, 0.1) is 11.3 Å². The van der Waals surface area contributed by atoms with Gasteiger partial charge >= 0.3 is 6.01 Å². The lowest BCUT2D eigenvalue weighted by molar-refractivity contribution is -0.128. The largest absolute Gasteiger partial charge is 0.508 e. The lowest BCUT2D eigenvalue weighted by Crippen LogP contribution is -2.55. The van der Waals surface area contributed by atoms with E-state index >= 15 is 0 Å². The lowest BCUT2D eigenvalue weighted by Gasteiger charge is -2.42. The molecule has 4 aromatic rings. The third-order valence-electron chi connectivity index (χ3n) is 11.1. The molecule has 0 aliphatic carbocycles. The number of phenols is 2. The van der Waals surface area contributed by atoms with Crippen molar-refractivity contribution in [3.63, 3.8) is 0 Å². The molecule has 1 atom stereocenters. The molecule has 1 unspecified atom stereocenters. The molecule has 3 aliphatic rings. The van der Waals surface area contributed by atoms with Crippen LogP contribution in [0.3, 0.4) is 0 Å². The summed E-state index contributed by atoms with van der Waals surface area (Å²) in [5, 5.41) is 33.2. The Balaban J connectivity index is 1.07. The van der Waals surface area contributed by atoms with Gasteiger partial charge in [-0.2, -0.15) is 15.2 Å². The van der Waals surface area contributed by atoms with Crippen molar-refractivity contribution in [2.75, 3.05) is 75.3 Å². The second kappa shape index (κ2) is 16.7. The number of benzene rings is 3. The average molecular weight is 765 g/mol. The number of amides is 1. The first-order valence-corrected chi connectivity index (χ1v) is 19.5. The molecule has 12 nitrogen and oxygen atoms in total. The van der Waals surface area contributed by atoms with Crippen LogP contribution in [0.4, 0.5) is 11.5 Å². The maximum atomic E-state index is 12.7. The van der Waals surface area contributed by atoms with Crippen molar-refractivity contribution >= 4 is 39.8 Å². The second-order valence-corrected chi connectivity index (χ2v) is 15.3.